The first-order chi connectivity index (χ1) is 8.81. The molecule has 4 nitrogen and oxygen atoms in total. The molecule has 1 N–H and O–H groups in total. The van der Waals surface area contributed by atoms with Crippen LogP contribution in [-0.4, -0.2) is 23.2 Å². The van der Waals surface area contributed by atoms with Gasteiger partial charge in [-0.25, -0.2) is 4.39 Å². The lowest BCUT2D eigenvalue weighted by Crippen LogP contribution is -2.08. The van der Waals surface area contributed by atoms with E-state index in [0.29, 0.717) is 24.1 Å². The summed E-state index contributed by atoms with van der Waals surface area (Å²) < 4.78 is 18.3. The van der Waals surface area contributed by atoms with Gasteiger partial charge in [0.25, 0.3) is 0 Å². The average Bonchev–Trinajstić information content (AvgIpc) is 2.98. The summed E-state index contributed by atoms with van der Waals surface area (Å²) in [6.07, 6.45) is 1.53. The largest absolute Gasteiger partial charge is 0.339 e. The summed E-state index contributed by atoms with van der Waals surface area (Å²) in [5, 5.41) is 7.21. The van der Waals surface area contributed by atoms with Crippen LogP contribution in [0.4, 0.5) is 4.39 Å². The Bertz CT molecular complexity index is 535. The molecule has 2 heterocycles. The lowest BCUT2D eigenvalue weighted by atomic mass is 10.1. The summed E-state index contributed by atoms with van der Waals surface area (Å²) in [7, 11) is 0. The minimum atomic E-state index is -0.240. The van der Waals surface area contributed by atoms with Crippen molar-refractivity contribution in [1.29, 1.82) is 0 Å². The van der Waals surface area contributed by atoms with Gasteiger partial charge in [0.1, 0.15) is 5.82 Å². The van der Waals surface area contributed by atoms with Crippen LogP contribution in [-0.2, 0) is 6.42 Å². The number of benzene rings is 1. The Balaban J connectivity index is 1.73. The monoisotopic (exact) mass is 247 g/mol. The minimum absolute atomic E-state index is 0.240. The van der Waals surface area contributed by atoms with Crippen molar-refractivity contribution in [3.05, 3.63) is 47.4 Å². The van der Waals surface area contributed by atoms with Crippen LogP contribution in [0.25, 0.3) is 0 Å². The zero-order valence-electron chi connectivity index (χ0n) is 9.90. The van der Waals surface area contributed by atoms with Gasteiger partial charge >= 0.3 is 0 Å². The lowest BCUT2D eigenvalue weighted by molar-refractivity contribution is 0.355. The molecule has 1 saturated heterocycles. The van der Waals surface area contributed by atoms with E-state index in [-0.39, 0.29) is 5.82 Å². The van der Waals surface area contributed by atoms with E-state index in [9.17, 15) is 4.39 Å². The Morgan fingerprint density at radius 2 is 2.39 bits per heavy atom. The van der Waals surface area contributed by atoms with E-state index < -0.39 is 0 Å². The molecule has 1 unspecified atom stereocenters. The fraction of sp³-hybridized carbons (Fsp3) is 0.385. The van der Waals surface area contributed by atoms with Crippen molar-refractivity contribution in [3.8, 4) is 0 Å². The van der Waals surface area contributed by atoms with Gasteiger partial charge in [0.2, 0.25) is 5.89 Å². The van der Waals surface area contributed by atoms with Crippen molar-refractivity contribution >= 4 is 0 Å². The number of hydrogen-bond acceptors (Lipinski definition) is 4. The molecule has 1 aromatic heterocycles. The second-order valence-electron chi connectivity index (χ2n) is 4.55. The SMILES string of the molecule is Fc1cccc(Cc2noc(C3CCNC3)n2)c1. The maximum atomic E-state index is 13.0. The zero-order chi connectivity index (χ0) is 12.4. The van der Waals surface area contributed by atoms with E-state index >= 15 is 0 Å². The van der Waals surface area contributed by atoms with Gasteiger partial charge in [-0.1, -0.05) is 17.3 Å². The Morgan fingerprint density at radius 1 is 1.44 bits per heavy atom. The van der Waals surface area contributed by atoms with Crippen LogP contribution < -0.4 is 5.32 Å². The van der Waals surface area contributed by atoms with Gasteiger partial charge in [0.15, 0.2) is 5.82 Å². The summed E-state index contributed by atoms with van der Waals surface area (Å²) in [5.41, 5.74) is 0.854. The maximum absolute atomic E-state index is 13.0. The van der Waals surface area contributed by atoms with Crippen molar-refractivity contribution in [1.82, 2.24) is 15.5 Å². The molecule has 1 fully saturated rings. The molecule has 2 aromatic rings. The molecule has 3 rings (SSSR count). The zero-order valence-corrected chi connectivity index (χ0v) is 9.90. The molecule has 1 atom stereocenters. The Hall–Kier alpha value is -1.75. The van der Waals surface area contributed by atoms with Crippen molar-refractivity contribution in [2.24, 2.45) is 0 Å². The Morgan fingerprint density at radius 3 is 3.17 bits per heavy atom. The second kappa shape index (κ2) is 4.86. The molecular weight excluding hydrogens is 233 g/mol. The van der Waals surface area contributed by atoms with Crippen molar-refractivity contribution < 1.29 is 8.91 Å². The average molecular weight is 247 g/mol. The highest BCUT2D eigenvalue weighted by atomic mass is 19.1. The molecule has 5 heteroatoms. The summed E-state index contributed by atoms with van der Waals surface area (Å²) in [4.78, 5) is 4.38. The molecule has 0 aliphatic carbocycles. The van der Waals surface area contributed by atoms with Crippen LogP contribution in [0, 0.1) is 5.82 Å². The van der Waals surface area contributed by atoms with Gasteiger partial charge in [-0.2, -0.15) is 4.98 Å². The first-order valence-corrected chi connectivity index (χ1v) is 6.09. The predicted octanol–water partition coefficient (Wildman–Crippen LogP) is 1.88. The van der Waals surface area contributed by atoms with Crippen molar-refractivity contribution in [2.45, 2.75) is 18.8 Å². The number of nitrogens with one attached hydrogen (secondary N) is 1. The molecule has 0 spiro atoms. The number of nitrogens with zero attached hydrogens (tertiary/aromatic N) is 2. The van der Waals surface area contributed by atoms with E-state index in [4.69, 9.17) is 4.52 Å². The molecule has 1 aliphatic rings. The summed E-state index contributed by atoms with van der Waals surface area (Å²) >= 11 is 0. The summed E-state index contributed by atoms with van der Waals surface area (Å²) in [6.45, 7) is 1.88. The quantitative estimate of drug-likeness (QED) is 0.899. The first-order valence-electron chi connectivity index (χ1n) is 6.09. The van der Waals surface area contributed by atoms with Crippen LogP contribution >= 0.6 is 0 Å². The van der Waals surface area contributed by atoms with Gasteiger partial charge in [-0.15, -0.1) is 0 Å². The third kappa shape index (κ3) is 2.41. The normalized spacial score (nSPS) is 19.3. The molecular formula is C13H14FN3O. The van der Waals surface area contributed by atoms with E-state index in [1.807, 2.05) is 6.07 Å². The number of aromatic nitrogens is 2. The standard InChI is InChI=1S/C13H14FN3O/c14-11-3-1-2-9(6-11)7-12-16-13(18-17-12)10-4-5-15-8-10/h1-3,6,10,15H,4-5,7-8H2. The molecule has 18 heavy (non-hydrogen) atoms. The van der Waals surface area contributed by atoms with E-state index in [2.05, 4.69) is 15.5 Å². The first kappa shape index (κ1) is 11.3. The van der Waals surface area contributed by atoms with Crippen LogP contribution in [0.1, 0.15) is 29.6 Å². The van der Waals surface area contributed by atoms with Gasteiger partial charge < -0.3 is 9.84 Å². The maximum Gasteiger partial charge on any atom is 0.231 e. The Labute approximate surface area is 104 Å². The molecule has 94 valence electrons. The fourth-order valence-corrected chi connectivity index (χ4v) is 2.20. The topological polar surface area (TPSA) is 51.0 Å². The summed E-state index contributed by atoms with van der Waals surface area (Å²) in [5.74, 6) is 1.38. The number of hydrogen-bond donors (Lipinski definition) is 1. The number of halogens is 1. The van der Waals surface area contributed by atoms with Crippen LogP contribution in [0.3, 0.4) is 0 Å². The summed E-state index contributed by atoms with van der Waals surface area (Å²) in [6, 6.07) is 6.46. The van der Waals surface area contributed by atoms with Gasteiger partial charge in [0, 0.05) is 13.0 Å². The predicted molar refractivity (Wildman–Crippen MR) is 63.7 cm³/mol. The van der Waals surface area contributed by atoms with Crippen LogP contribution in [0.2, 0.25) is 0 Å². The smallest absolute Gasteiger partial charge is 0.231 e. The highest BCUT2D eigenvalue weighted by molar-refractivity contribution is 5.19. The van der Waals surface area contributed by atoms with Crippen molar-refractivity contribution in [3.63, 3.8) is 0 Å². The van der Waals surface area contributed by atoms with E-state index in [1.165, 1.54) is 12.1 Å². The highest BCUT2D eigenvalue weighted by Gasteiger charge is 2.22. The third-order valence-corrected chi connectivity index (χ3v) is 3.14. The van der Waals surface area contributed by atoms with Gasteiger partial charge in [-0.05, 0) is 30.7 Å². The lowest BCUT2D eigenvalue weighted by Gasteiger charge is -1.99. The molecule has 1 aliphatic heterocycles. The van der Waals surface area contributed by atoms with E-state index in [0.717, 1.165) is 25.1 Å². The fourth-order valence-electron chi connectivity index (χ4n) is 2.20. The second-order valence-corrected chi connectivity index (χ2v) is 4.55. The number of rotatable bonds is 3. The molecule has 1 aromatic carbocycles. The van der Waals surface area contributed by atoms with E-state index in [1.54, 1.807) is 6.07 Å². The van der Waals surface area contributed by atoms with Crippen LogP contribution in [0.15, 0.2) is 28.8 Å². The Kier molecular flexibility index (Phi) is 3.06. The molecule has 0 radical (unpaired) electrons. The van der Waals surface area contributed by atoms with Gasteiger partial charge in [-0.3, -0.25) is 0 Å². The molecule has 0 saturated carbocycles. The highest BCUT2D eigenvalue weighted by Crippen LogP contribution is 2.20. The van der Waals surface area contributed by atoms with Crippen LogP contribution in [0.5, 0.6) is 0 Å². The molecule has 0 bridgehead atoms. The minimum Gasteiger partial charge on any atom is -0.339 e. The van der Waals surface area contributed by atoms with Crippen molar-refractivity contribution in [2.75, 3.05) is 13.1 Å². The third-order valence-electron chi connectivity index (χ3n) is 3.14. The van der Waals surface area contributed by atoms with Gasteiger partial charge in [0.05, 0.1) is 5.92 Å². The molecule has 0 amide bonds.